The highest BCUT2D eigenvalue weighted by molar-refractivity contribution is 7.94. The van der Waals surface area contributed by atoms with Crippen molar-refractivity contribution in [3.63, 3.8) is 0 Å². The summed E-state index contributed by atoms with van der Waals surface area (Å²) in [6.07, 6.45) is 0. The number of carbonyl (C=O) groups is 2. The summed E-state index contributed by atoms with van der Waals surface area (Å²) in [4.78, 5) is 29.7. The van der Waals surface area contributed by atoms with Crippen LogP contribution in [0.3, 0.4) is 0 Å². The highest BCUT2D eigenvalue weighted by Gasteiger charge is 2.43. The molecule has 1 aliphatic carbocycles. The number of piperazine rings is 1. The number of carbonyl (C=O) groups excluding carboxylic acids is 2. The number of sulfonamides is 1. The van der Waals surface area contributed by atoms with Gasteiger partial charge in [-0.2, -0.15) is 4.31 Å². The zero-order chi connectivity index (χ0) is 19.8. The molecule has 3 rings (SSSR count). The topological polar surface area (TPSA) is 78.0 Å². The van der Waals surface area contributed by atoms with Crippen LogP contribution in [0.15, 0.2) is 34.9 Å². The smallest absolute Gasteiger partial charge is 0.249 e. The normalized spacial score (nSPS) is 19.4. The number of nitrogens with zero attached hydrogens (tertiary/aromatic N) is 3. The summed E-state index contributed by atoms with van der Waals surface area (Å²) in [5, 5.41) is 0. The van der Waals surface area contributed by atoms with E-state index in [2.05, 4.69) is 0 Å². The molecule has 1 aromatic rings. The van der Waals surface area contributed by atoms with E-state index < -0.39 is 21.6 Å². The lowest BCUT2D eigenvalue weighted by atomic mass is 9.92. The summed E-state index contributed by atoms with van der Waals surface area (Å²) in [5.41, 5.74) is 0.426. The van der Waals surface area contributed by atoms with Gasteiger partial charge in [0.1, 0.15) is 5.70 Å². The Labute approximate surface area is 160 Å². The highest BCUT2D eigenvalue weighted by Crippen LogP contribution is 2.33. The van der Waals surface area contributed by atoms with Gasteiger partial charge in [0.15, 0.2) is 4.91 Å². The molecule has 0 N–H and O–H groups in total. The number of benzene rings is 1. The molecule has 0 bridgehead atoms. The summed E-state index contributed by atoms with van der Waals surface area (Å²) in [5.74, 6) is -0.993. The van der Waals surface area contributed by atoms with Gasteiger partial charge in [-0.05, 0) is 20.9 Å². The Morgan fingerprint density at radius 2 is 1.44 bits per heavy atom. The average Bonchev–Trinajstić information content (AvgIpc) is 2.66. The van der Waals surface area contributed by atoms with Crippen molar-refractivity contribution in [2.24, 2.45) is 0 Å². The predicted octanol–water partition coefficient (Wildman–Crippen LogP) is 1.20. The van der Waals surface area contributed by atoms with Crippen molar-refractivity contribution in [3.05, 3.63) is 46.0 Å². The molecule has 1 aliphatic heterocycles. The Hall–Kier alpha value is -2.03. The van der Waals surface area contributed by atoms with Crippen LogP contribution < -0.4 is 0 Å². The van der Waals surface area contributed by atoms with Crippen molar-refractivity contribution in [1.82, 2.24) is 14.1 Å². The molecular weight excluding hydrogens is 366 g/mol. The van der Waals surface area contributed by atoms with Crippen molar-refractivity contribution in [2.75, 3.05) is 46.3 Å². The third-order valence-electron chi connectivity index (χ3n) is 5.19. The second-order valence-electron chi connectivity index (χ2n) is 6.76. The average molecular weight is 391 g/mol. The Bertz CT molecular complexity index is 895. The van der Waals surface area contributed by atoms with E-state index in [1.54, 1.807) is 23.1 Å². The summed E-state index contributed by atoms with van der Waals surface area (Å²) in [6.45, 7) is 6.35. The predicted molar refractivity (Wildman–Crippen MR) is 103 cm³/mol. The first-order valence-corrected chi connectivity index (χ1v) is 10.6. The van der Waals surface area contributed by atoms with Crippen LogP contribution in [-0.2, 0) is 10.0 Å². The van der Waals surface area contributed by atoms with Gasteiger partial charge in [0.2, 0.25) is 21.6 Å². The quantitative estimate of drug-likeness (QED) is 0.751. The van der Waals surface area contributed by atoms with E-state index in [0.29, 0.717) is 39.3 Å². The lowest BCUT2D eigenvalue weighted by molar-refractivity contribution is 0.0948. The molecule has 1 aromatic carbocycles. The minimum Gasteiger partial charge on any atom is -0.368 e. The number of hydrogen-bond donors (Lipinski definition) is 0. The first-order chi connectivity index (χ1) is 12.8. The number of allylic oxidation sites excluding steroid dienone is 2. The van der Waals surface area contributed by atoms with Gasteiger partial charge in [0.05, 0.1) is 0 Å². The first-order valence-electron chi connectivity index (χ1n) is 9.19. The lowest BCUT2D eigenvalue weighted by Gasteiger charge is -2.35. The lowest BCUT2D eigenvalue weighted by Crippen LogP contribution is -2.49. The number of rotatable bonds is 5. The molecular formula is C19H25N3O4S. The minimum absolute atomic E-state index is 0.00243. The van der Waals surface area contributed by atoms with Crippen LogP contribution in [0.1, 0.15) is 34.6 Å². The van der Waals surface area contributed by atoms with Crippen LogP contribution in [0.4, 0.5) is 0 Å². The largest absolute Gasteiger partial charge is 0.368 e. The van der Waals surface area contributed by atoms with Gasteiger partial charge < -0.3 is 9.80 Å². The molecule has 0 saturated carbocycles. The molecule has 0 unspecified atom stereocenters. The van der Waals surface area contributed by atoms with E-state index in [-0.39, 0.29) is 21.7 Å². The van der Waals surface area contributed by atoms with Crippen molar-refractivity contribution < 1.29 is 18.0 Å². The first kappa shape index (κ1) is 19.7. The van der Waals surface area contributed by atoms with Crippen LogP contribution in [0.2, 0.25) is 0 Å². The molecule has 0 atom stereocenters. The van der Waals surface area contributed by atoms with Crippen molar-refractivity contribution in [2.45, 2.75) is 13.8 Å². The highest BCUT2D eigenvalue weighted by atomic mass is 32.2. The number of fused-ring (bicyclic) bond motifs is 1. The standard InChI is InChI=1S/C19H25N3O4S/c1-4-21(5-2)16-17(23)14-8-6-7-9-15(14)18(24)19(16)27(25,26)22-12-10-20(3)11-13-22/h6-9H,4-5,10-13H2,1-3H3. The molecule has 0 aromatic heterocycles. The number of likely N-dealkylation sites (N-methyl/N-ethyl adjacent to an activating group) is 2. The zero-order valence-corrected chi connectivity index (χ0v) is 16.8. The molecule has 7 nitrogen and oxygen atoms in total. The van der Waals surface area contributed by atoms with E-state index >= 15 is 0 Å². The van der Waals surface area contributed by atoms with E-state index in [1.807, 2.05) is 25.8 Å². The van der Waals surface area contributed by atoms with Crippen LogP contribution in [0.25, 0.3) is 0 Å². The van der Waals surface area contributed by atoms with E-state index in [4.69, 9.17) is 0 Å². The Morgan fingerprint density at radius 3 is 1.96 bits per heavy atom. The fourth-order valence-electron chi connectivity index (χ4n) is 3.56. The molecule has 0 amide bonds. The van der Waals surface area contributed by atoms with Crippen molar-refractivity contribution >= 4 is 21.6 Å². The van der Waals surface area contributed by atoms with Crippen LogP contribution in [-0.4, -0.2) is 80.4 Å². The number of hydrogen-bond acceptors (Lipinski definition) is 6. The maximum Gasteiger partial charge on any atom is 0.249 e. The fourth-order valence-corrected chi connectivity index (χ4v) is 5.28. The number of Topliss-reactive ketones (excluding diaryl/α,β-unsaturated/α-hetero) is 2. The summed E-state index contributed by atoms with van der Waals surface area (Å²) < 4.78 is 28.1. The van der Waals surface area contributed by atoms with Gasteiger partial charge in [-0.1, -0.05) is 24.3 Å². The van der Waals surface area contributed by atoms with Crippen LogP contribution >= 0.6 is 0 Å². The second kappa shape index (κ2) is 7.53. The molecule has 0 radical (unpaired) electrons. The van der Waals surface area contributed by atoms with Crippen molar-refractivity contribution in [3.8, 4) is 0 Å². The maximum absolute atomic E-state index is 13.4. The molecule has 8 heteroatoms. The molecule has 1 heterocycles. The van der Waals surface area contributed by atoms with Gasteiger partial charge in [-0.15, -0.1) is 0 Å². The summed E-state index contributed by atoms with van der Waals surface area (Å²) >= 11 is 0. The fraction of sp³-hybridized carbons (Fsp3) is 0.474. The summed E-state index contributed by atoms with van der Waals surface area (Å²) in [7, 11) is -2.15. The van der Waals surface area contributed by atoms with Gasteiger partial charge in [-0.25, -0.2) is 8.42 Å². The van der Waals surface area contributed by atoms with E-state index in [9.17, 15) is 18.0 Å². The van der Waals surface area contributed by atoms with Gasteiger partial charge in [0, 0.05) is 50.4 Å². The van der Waals surface area contributed by atoms with Crippen LogP contribution in [0, 0.1) is 0 Å². The molecule has 146 valence electrons. The van der Waals surface area contributed by atoms with Gasteiger partial charge in [-0.3, -0.25) is 9.59 Å². The second-order valence-corrected chi connectivity index (χ2v) is 8.64. The third kappa shape index (κ3) is 3.33. The molecule has 2 aliphatic rings. The van der Waals surface area contributed by atoms with Crippen LogP contribution in [0.5, 0.6) is 0 Å². The molecule has 1 saturated heterocycles. The zero-order valence-electron chi connectivity index (χ0n) is 15.9. The Morgan fingerprint density at radius 1 is 0.926 bits per heavy atom. The molecule has 1 fully saturated rings. The number of ketones is 2. The van der Waals surface area contributed by atoms with E-state index in [1.165, 1.54) is 10.4 Å². The third-order valence-corrected chi connectivity index (χ3v) is 7.13. The Kier molecular flexibility index (Phi) is 5.50. The molecule has 0 spiro atoms. The van der Waals surface area contributed by atoms with Crippen molar-refractivity contribution in [1.29, 1.82) is 0 Å². The SMILES string of the molecule is CCN(CC)C1=C(S(=O)(=O)N2CCN(C)CC2)C(=O)c2ccccc2C1=O. The Balaban J connectivity index is 2.19. The van der Waals surface area contributed by atoms with Gasteiger partial charge >= 0.3 is 0 Å². The summed E-state index contributed by atoms with van der Waals surface area (Å²) in [6, 6.07) is 6.43. The molecule has 27 heavy (non-hydrogen) atoms. The van der Waals surface area contributed by atoms with Gasteiger partial charge in [0.25, 0.3) is 0 Å². The maximum atomic E-state index is 13.4. The monoisotopic (exact) mass is 391 g/mol. The minimum atomic E-state index is -4.07. The van der Waals surface area contributed by atoms with E-state index in [0.717, 1.165) is 0 Å².